The maximum Gasteiger partial charge on any atom is 0.277 e. The van der Waals surface area contributed by atoms with Crippen LogP contribution in [0.1, 0.15) is 5.82 Å². The van der Waals surface area contributed by atoms with Crippen molar-refractivity contribution in [2.24, 2.45) is 0 Å². The van der Waals surface area contributed by atoms with Crippen LogP contribution in [0.25, 0.3) is 11.0 Å². The Labute approximate surface area is 79.8 Å². The molecule has 2 aromatic rings. The molecule has 0 aliphatic carbocycles. The third kappa shape index (κ3) is 1.32. The second kappa shape index (κ2) is 3.10. The Kier molecular flexibility index (Phi) is 1.92. The number of aromatic nitrogens is 3. The molecule has 0 aliphatic rings. The Bertz CT molecular complexity index is 533. The topological polar surface area (TPSA) is 67.9 Å². The van der Waals surface area contributed by atoms with Crippen molar-refractivity contribution in [3.8, 4) is 5.88 Å². The largest absolute Gasteiger partial charge is 0.481 e. The van der Waals surface area contributed by atoms with Crippen molar-refractivity contribution in [2.75, 3.05) is 7.11 Å². The predicted molar refractivity (Wildman–Crippen MR) is 51.4 cm³/mol. The summed E-state index contributed by atoms with van der Waals surface area (Å²) in [7, 11) is 1.50. The summed E-state index contributed by atoms with van der Waals surface area (Å²) in [5.74, 6) is 0.989. The summed E-state index contributed by atoms with van der Waals surface area (Å²) >= 11 is 0. The van der Waals surface area contributed by atoms with Crippen LogP contribution in [0, 0.1) is 6.92 Å². The molecule has 0 aliphatic heterocycles. The van der Waals surface area contributed by atoms with E-state index >= 15 is 0 Å². The first-order valence-electron chi connectivity index (χ1n) is 4.12. The maximum absolute atomic E-state index is 11.5. The fourth-order valence-corrected chi connectivity index (χ4v) is 1.24. The monoisotopic (exact) mass is 191 g/mol. The molecule has 0 saturated carbocycles. The summed E-state index contributed by atoms with van der Waals surface area (Å²) in [5, 5.41) is 0. The summed E-state index contributed by atoms with van der Waals surface area (Å²) in [6.07, 6.45) is 0. The molecule has 2 aromatic heterocycles. The summed E-state index contributed by atoms with van der Waals surface area (Å²) in [6, 6.07) is 3.39. The van der Waals surface area contributed by atoms with Crippen molar-refractivity contribution >= 4 is 11.0 Å². The Hall–Kier alpha value is -1.91. The van der Waals surface area contributed by atoms with Gasteiger partial charge in [-0.25, -0.2) is 9.97 Å². The number of rotatable bonds is 1. The van der Waals surface area contributed by atoms with Gasteiger partial charge in [0.2, 0.25) is 5.88 Å². The zero-order valence-corrected chi connectivity index (χ0v) is 7.87. The fourth-order valence-electron chi connectivity index (χ4n) is 1.24. The highest BCUT2D eigenvalue weighted by Gasteiger charge is 2.03. The van der Waals surface area contributed by atoms with E-state index in [1.807, 2.05) is 0 Å². The minimum Gasteiger partial charge on any atom is -0.481 e. The molecule has 0 atom stereocenters. The Morgan fingerprint density at radius 3 is 2.86 bits per heavy atom. The van der Waals surface area contributed by atoms with Gasteiger partial charge >= 0.3 is 0 Å². The van der Waals surface area contributed by atoms with Crippen molar-refractivity contribution in [2.45, 2.75) is 6.92 Å². The SMILES string of the molecule is COc1ccc2nc(C)[nH]c(=O)c2n1. The van der Waals surface area contributed by atoms with Gasteiger partial charge in [-0.05, 0) is 13.0 Å². The van der Waals surface area contributed by atoms with E-state index in [0.717, 1.165) is 0 Å². The number of aromatic amines is 1. The van der Waals surface area contributed by atoms with Crippen LogP contribution in [0.2, 0.25) is 0 Å². The molecular formula is C9H9N3O2. The zero-order valence-electron chi connectivity index (χ0n) is 7.87. The Balaban J connectivity index is 2.82. The molecule has 2 rings (SSSR count). The van der Waals surface area contributed by atoms with Crippen LogP contribution in [-0.2, 0) is 0 Å². The third-order valence-corrected chi connectivity index (χ3v) is 1.86. The van der Waals surface area contributed by atoms with Crippen LogP contribution < -0.4 is 10.3 Å². The van der Waals surface area contributed by atoms with Gasteiger partial charge < -0.3 is 9.72 Å². The number of aryl methyl sites for hydroxylation is 1. The lowest BCUT2D eigenvalue weighted by Crippen LogP contribution is -2.11. The lowest BCUT2D eigenvalue weighted by atomic mass is 10.3. The minimum absolute atomic E-state index is 0.244. The molecule has 5 nitrogen and oxygen atoms in total. The number of hydrogen-bond donors (Lipinski definition) is 1. The van der Waals surface area contributed by atoms with Gasteiger partial charge in [0.1, 0.15) is 5.82 Å². The van der Waals surface area contributed by atoms with E-state index in [1.165, 1.54) is 7.11 Å². The second-order valence-corrected chi connectivity index (χ2v) is 2.87. The summed E-state index contributed by atoms with van der Waals surface area (Å²) in [4.78, 5) is 22.2. The van der Waals surface area contributed by atoms with E-state index in [9.17, 15) is 4.79 Å². The van der Waals surface area contributed by atoms with E-state index in [2.05, 4.69) is 15.0 Å². The van der Waals surface area contributed by atoms with Crippen molar-refractivity contribution in [1.29, 1.82) is 0 Å². The van der Waals surface area contributed by atoms with Crippen molar-refractivity contribution in [3.63, 3.8) is 0 Å². The normalized spacial score (nSPS) is 10.4. The van der Waals surface area contributed by atoms with Gasteiger partial charge in [-0.15, -0.1) is 0 Å². The fraction of sp³-hybridized carbons (Fsp3) is 0.222. The van der Waals surface area contributed by atoms with E-state index in [0.29, 0.717) is 22.7 Å². The smallest absolute Gasteiger partial charge is 0.277 e. The second-order valence-electron chi connectivity index (χ2n) is 2.87. The van der Waals surface area contributed by atoms with E-state index in [1.54, 1.807) is 19.1 Å². The number of ether oxygens (including phenoxy) is 1. The lowest BCUT2D eigenvalue weighted by molar-refractivity contribution is 0.399. The van der Waals surface area contributed by atoms with Gasteiger partial charge in [-0.3, -0.25) is 4.79 Å². The average Bonchev–Trinajstić information content (AvgIpc) is 2.17. The molecule has 0 unspecified atom stereocenters. The molecule has 72 valence electrons. The number of fused-ring (bicyclic) bond motifs is 1. The molecule has 0 amide bonds. The standard InChI is InChI=1S/C9H9N3O2/c1-5-10-6-3-4-7(14-2)12-8(6)9(13)11-5/h3-4H,1-2H3,(H,10,11,13). The lowest BCUT2D eigenvalue weighted by Gasteiger charge is -2.00. The zero-order chi connectivity index (χ0) is 10.1. The molecule has 2 heterocycles. The summed E-state index contributed by atoms with van der Waals surface area (Å²) in [5.41, 5.74) is 0.633. The summed E-state index contributed by atoms with van der Waals surface area (Å²) in [6.45, 7) is 1.73. The molecule has 14 heavy (non-hydrogen) atoms. The minimum atomic E-state index is -0.244. The number of hydrogen-bond acceptors (Lipinski definition) is 4. The predicted octanol–water partition coefficient (Wildman–Crippen LogP) is 0.635. The molecule has 0 aromatic carbocycles. The van der Waals surface area contributed by atoms with E-state index in [-0.39, 0.29) is 5.56 Å². The molecule has 0 radical (unpaired) electrons. The van der Waals surface area contributed by atoms with Gasteiger partial charge in [0.05, 0.1) is 12.6 Å². The summed E-state index contributed by atoms with van der Waals surface area (Å²) < 4.78 is 4.92. The molecule has 0 spiro atoms. The van der Waals surface area contributed by atoms with Gasteiger partial charge in [-0.1, -0.05) is 0 Å². The number of pyridine rings is 1. The molecular weight excluding hydrogens is 182 g/mol. The Morgan fingerprint density at radius 2 is 2.14 bits per heavy atom. The maximum atomic E-state index is 11.5. The van der Waals surface area contributed by atoms with Crippen LogP contribution in [0.4, 0.5) is 0 Å². The third-order valence-electron chi connectivity index (χ3n) is 1.86. The van der Waals surface area contributed by atoms with Crippen LogP contribution >= 0.6 is 0 Å². The Morgan fingerprint density at radius 1 is 1.36 bits per heavy atom. The van der Waals surface area contributed by atoms with Crippen LogP contribution in [0.5, 0.6) is 5.88 Å². The molecule has 0 bridgehead atoms. The van der Waals surface area contributed by atoms with Crippen LogP contribution in [0.15, 0.2) is 16.9 Å². The van der Waals surface area contributed by atoms with Crippen molar-refractivity contribution in [3.05, 3.63) is 28.3 Å². The number of nitrogens with one attached hydrogen (secondary N) is 1. The molecule has 0 fully saturated rings. The first-order valence-corrected chi connectivity index (χ1v) is 4.12. The van der Waals surface area contributed by atoms with Gasteiger partial charge in [-0.2, -0.15) is 0 Å². The van der Waals surface area contributed by atoms with Crippen molar-refractivity contribution in [1.82, 2.24) is 15.0 Å². The molecule has 0 saturated heterocycles. The average molecular weight is 191 g/mol. The van der Waals surface area contributed by atoms with Gasteiger partial charge in [0.15, 0.2) is 5.52 Å². The van der Waals surface area contributed by atoms with Crippen molar-refractivity contribution < 1.29 is 4.74 Å². The van der Waals surface area contributed by atoms with E-state index in [4.69, 9.17) is 4.74 Å². The number of H-pyrrole nitrogens is 1. The van der Waals surface area contributed by atoms with Gasteiger partial charge in [0, 0.05) is 6.07 Å². The quantitative estimate of drug-likeness (QED) is 0.718. The van der Waals surface area contributed by atoms with E-state index < -0.39 is 0 Å². The first-order chi connectivity index (χ1) is 6.70. The first kappa shape index (κ1) is 8.68. The highest BCUT2D eigenvalue weighted by Crippen LogP contribution is 2.10. The molecule has 1 N–H and O–H groups in total. The number of methoxy groups -OCH3 is 1. The highest BCUT2D eigenvalue weighted by atomic mass is 16.5. The molecule has 5 heteroatoms. The van der Waals surface area contributed by atoms with Crippen LogP contribution in [0.3, 0.4) is 0 Å². The number of nitrogens with zero attached hydrogens (tertiary/aromatic N) is 2. The highest BCUT2D eigenvalue weighted by molar-refractivity contribution is 5.73. The van der Waals surface area contributed by atoms with Gasteiger partial charge in [0.25, 0.3) is 5.56 Å². The van der Waals surface area contributed by atoms with Crippen LogP contribution in [-0.4, -0.2) is 22.1 Å².